The third kappa shape index (κ3) is 9.79. The predicted molar refractivity (Wildman–Crippen MR) is 201 cm³/mol. The number of ether oxygens (including phenoxy) is 7. The van der Waals surface area contributed by atoms with Gasteiger partial charge in [0.2, 0.25) is 5.75 Å². The monoisotopic (exact) mass is 735 g/mol. The number of anilines is 1. The highest BCUT2D eigenvalue weighted by Crippen LogP contribution is 2.61. The normalized spacial score (nSPS) is 11.8. The minimum atomic E-state index is -3.70. The van der Waals surface area contributed by atoms with Gasteiger partial charge < -0.3 is 47.5 Å². The van der Waals surface area contributed by atoms with Gasteiger partial charge in [-0.25, -0.2) is 0 Å². The average molecular weight is 736 g/mol. The van der Waals surface area contributed by atoms with Gasteiger partial charge in [-0.05, 0) is 84.6 Å². The van der Waals surface area contributed by atoms with E-state index in [1.807, 2.05) is 30.4 Å². The maximum absolute atomic E-state index is 14.1. The summed E-state index contributed by atoms with van der Waals surface area (Å²) < 4.78 is 63.9. The molecule has 0 aliphatic carbocycles. The van der Waals surface area contributed by atoms with E-state index >= 15 is 0 Å². The minimum absolute atomic E-state index is 0.00949. The fraction of sp³-hybridized carbons (Fsp3) is 0.308. The number of hydrogen-bond acceptors (Lipinski definition) is 12. The Bertz CT molecular complexity index is 1840. The predicted octanol–water partition coefficient (Wildman–Crippen LogP) is 8.43. The molecule has 0 saturated heterocycles. The molecule has 4 aromatic rings. The number of hydrogen-bond donors (Lipinski definition) is 1. The van der Waals surface area contributed by atoms with Crippen molar-refractivity contribution in [1.29, 1.82) is 0 Å². The Kier molecular flexibility index (Phi) is 14.4. The summed E-state index contributed by atoms with van der Waals surface area (Å²) in [5.41, 5.74) is 3.53. The smallest absolute Gasteiger partial charge is 0.357 e. The first-order valence-electron chi connectivity index (χ1n) is 16.5. The van der Waals surface area contributed by atoms with E-state index in [1.165, 1.54) is 14.2 Å². The zero-order valence-corrected chi connectivity index (χ0v) is 31.6. The molecular weight excluding hydrogens is 689 g/mol. The van der Waals surface area contributed by atoms with Crippen molar-refractivity contribution < 1.29 is 51.6 Å². The Morgan fingerprint density at radius 1 is 0.635 bits per heavy atom. The largest absolute Gasteiger partial charge is 0.493 e. The first-order valence-corrected chi connectivity index (χ1v) is 18.1. The highest BCUT2D eigenvalue weighted by atomic mass is 31.2. The molecule has 0 heterocycles. The Hall–Kier alpha value is -5.16. The van der Waals surface area contributed by atoms with Crippen molar-refractivity contribution in [3.63, 3.8) is 0 Å². The Morgan fingerprint density at radius 3 is 1.73 bits per heavy atom. The summed E-state index contributed by atoms with van der Waals surface area (Å²) in [7, 11) is 5.55. The second-order valence-corrected chi connectivity index (χ2v) is 13.2. The van der Waals surface area contributed by atoms with Crippen LogP contribution in [0.4, 0.5) is 5.69 Å². The summed E-state index contributed by atoms with van der Waals surface area (Å²) in [6, 6.07) is 21.4. The molecule has 0 aliphatic heterocycles. The second kappa shape index (κ2) is 18.9. The summed E-state index contributed by atoms with van der Waals surface area (Å²) in [5.74, 6) is 1.89. The third-order valence-corrected chi connectivity index (χ3v) is 10.1. The van der Waals surface area contributed by atoms with Crippen LogP contribution in [0.15, 0.2) is 72.8 Å². The second-order valence-electron chi connectivity index (χ2n) is 11.1. The van der Waals surface area contributed by atoms with Crippen LogP contribution in [0, 0.1) is 0 Å². The van der Waals surface area contributed by atoms with E-state index in [0.29, 0.717) is 51.3 Å². The highest BCUT2D eigenvalue weighted by Gasteiger charge is 2.37. The molecule has 52 heavy (non-hydrogen) atoms. The minimum Gasteiger partial charge on any atom is -0.493 e. The summed E-state index contributed by atoms with van der Waals surface area (Å²) in [5, 5.41) is 3.31. The van der Waals surface area contributed by atoms with Gasteiger partial charge in [-0.15, -0.1) is 0 Å². The van der Waals surface area contributed by atoms with Crippen LogP contribution in [-0.4, -0.2) is 61.8 Å². The number of nitrogens with one attached hydrogen (secondary N) is 1. The molecule has 0 spiro atoms. The maximum atomic E-state index is 14.1. The van der Waals surface area contributed by atoms with Gasteiger partial charge in [-0.3, -0.25) is 9.36 Å². The lowest BCUT2D eigenvalue weighted by atomic mass is 10.1. The zero-order chi connectivity index (χ0) is 37.7. The number of rotatable bonds is 19. The summed E-state index contributed by atoms with van der Waals surface area (Å²) in [4.78, 5) is 13.1. The molecule has 0 saturated carbocycles. The molecule has 13 heteroatoms. The van der Waals surface area contributed by atoms with Crippen LogP contribution >= 0.6 is 7.60 Å². The van der Waals surface area contributed by atoms with E-state index in [1.54, 1.807) is 96.9 Å². The molecule has 4 aromatic carbocycles. The maximum Gasteiger partial charge on any atom is 0.357 e. The van der Waals surface area contributed by atoms with E-state index in [-0.39, 0.29) is 25.4 Å². The van der Waals surface area contributed by atoms with Gasteiger partial charge in [-0.2, -0.15) is 0 Å². The van der Waals surface area contributed by atoms with Crippen molar-refractivity contribution in [2.45, 2.75) is 26.1 Å². The summed E-state index contributed by atoms with van der Waals surface area (Å²) in [6.45, 7) is 3.87. The van der Waals surface area contributed by atoms with E-state index in [2.05, 4.69) is 5.32 Å². The lowest BCUT2D eigenvalue weighted by Gasteiger charge is -2.28. The third-order valence-electron chi connectivity index (χ3n) is 7.83. The fourth-order valence-electron chi connectivity index (χ4n) is 5.38. The quantitative estimate of drug-likeness (QED) is 0.0430. The zero-order valence-electron chi connectivity index (χ0n) is 30.7. The molecule has 0 amide bonds. The first-order chi connectivity index (χ1) is 25.1. The van der Waals surface area contributed by atoms with Crippen LogP contribution in [0.2, 0.25) is 0 Å². The number of carbonyl (C=O) groups is 1. The topological polar surface area (TPSA) is 129 Å². The number of carbonyl (C=O) groups excluding carboxylic acids is 1. The standard InChI is InChI=1S/C39H46NO11P/c1-9-49-52(42,50-10-2)39(29-16-20-31(43-3)33(25-29)45-5)40-30-17-13-27(14-18-30)24-37(41)51-34-21-26(15-19-32(34)44-4)11-12-28-22-35(46-6)38(48-8)36(23-28)47-7/h11-23,25,39-40H,9-10,24H2,1-8H3/b12-11-. The molecule has 1 N–H and O–H groups in total. The van der Waals surface area contributed by atoms with Gasteiger partial charge in [-0.1, -0.05) is 36.4 Å². The molecule has 1 unspecified atom stereocenters. The van der Waals surface area contributed by atoms with Gasteiger partial charge >= 0.3 is 13.6 Å². The lowest BCUT2D eigenvalue weighted by Crippen LogP contribution is -2.16. The molecule has 278 valence electrons. The van der Waals surface area contributed by atoms with Gasteiger partial charge in [0.1, 0.15) is 0 Å². The van der Waals surface area contributed by atoms with Crippen LogP contribution in [0.1, 0.15) is 41.9 Å². The highest BCUT2D eigenvalue weighted by molar-refractivity contribution is 7.54. The van der Waals surface area contributed by atoms with E-state index in [9.17, 15) is 9.36 Å². The molecule has 4 rings (SSSR count). The van der Waals surface area contributed by atoms with E-state index in [0.717, 1.165) is 11.1 Å². The van der Waals surface area contributed by atoms with Crippen molar-refractivity contribution in [3.05, 3.63) is 95.1 Å². The SMILES string of the molecule is CCOP(=O)(OCC)C(Nc1ccc(CC(=O)Oc2cc(/C=C\c3cc(OC)c(OC)c(OC)c3)ccc2OC)cc1)c1ccc(OC)c(OC)c1. The number of benzene rings is 4. The first kappa shape index (κ1) is 39.6. The van der Waals surface area contributed by atoms with Crippen molar-refractivity contribution in [1.82, 2.24) is 0 Å². The van der Waals surface area contributed by atoms with Crippen LogP contribution in [0.5, 0.6) is 40.2 Å². The van der Waals surface area contributed by atoms with Gasteiger partial charge in [0.15, 0.2) is 40.3 Å². The van der Waals surface area contributed by atoms with Crippen LogP contribution in [-0.2, 0) is 24.8 Å². The van der Waals surface area contributed by atoms with E-state index < -0.39 is 19.3 Å². The van der Waals surface area contributed by atoms with Gasteiger partial charge in [0.05, 0.1) is 62.3 Å². The lowest BCUT2D eigenvalue weighted by molar-refractivity contribution is -0.133. The Morgan fingerprint density at radius 2 is 1.17 bits per heavy atom. The van der Waals surface area contributed by atoms with Crippen LogP contribution < -0.4 is 38.5 Å². The molecule has 0 radical (unpaired) electrons. The molecular formula is C39H46NO11P. The van der Waals surface area contributed by atoms with Gasteiger partial charge in [0, 0.05) is 5.69 Å². The van der Waals surface area contributed by atoms with Crippen LogP contribution in [0.3, 0.4) is 0 Å². The van der Waals surface area contributed by atoms with Crippen LogP contribution in [0.25, 0.3) is 12.2 Å². The number of esters is 1. The molecule has 1 atom stereocenters. The van der Waals surface area contributed by atoms with Crippen molar-refractivity contribution in [2.75, 3.05) is 61.2 Å². The molecule has 0 bridgehead atoms. The summed E-state index contributed by atoms with van der Waals surface area (Å²) >= 11 is 0. The average Bonchev–Trinajstić information content (AvgIpc) is 3.16. The van der Waals surface area contributed by atoms with Crippen molar-refractivity contribution >= 4 is 31.4 Å². The Labute approximate surface area is 305 Å². The van der Waals surface area contributed by atoms with E-state index in [4.69, 9.17) is 42.2 Å². The molecule has 0 aromatic heterocycles. The van der Waals surface area contributed by atoms with Crippen molar-refractivity contribution in [3.8, 4) is 40.2 Å². The molecule has 0 aliphatic rings. The Balaban J connectivity index is 1.51. The fourth-order valence-corrected chi connectivity index (χ4v) is 7.31. The molecule has 12 nitrogen and oxygen atoms in total. The number of methoxy groups -OCH3 is 6. The van der Waals surface area contributed by atoms with Gasteiger partial charge in [0.25, 0.3) is 0 Å². The summed E-state index contributed by atoms with van der Waals surface area (Å²) in [6.07, 6.45) is 3.74. The van der Waals surface area contributed by atoms with Crippen molar-refractivity contribution in [2.24, 2.45) is 0 Å². The molecule has 0 fully saturated rings.